The van der Waals surface area contributed by atoms with Gasteiger partial charge in [-0.05, 0) is 37.3 Å². The van der Waals surface area contributed by atoms with Gasteiger partial charge in [0, 0.05) is 17.7 Å². The maximum Gasteiger partial charge on any atom is 0.251 e. The van der Waals surface area contributed by atoms with Crippen molar-refractivity contribution in [3.8, 4) is 11.4 Å². The van der Waals surface area contributed by atoms with Crippen LogP contribution in [0.5, 0.6) is 0 Å². The van der Waals surface area contributed by atoms with Gasteiger partial charge in [-0.1, -0.05) is 53.7 Å². The fourth-order valence-corrected chi connectivity index (χ4v) is 3.09. The summed E-state index contributed by atoms with van der Waals surface area (Å²) in [7, 11) is 0. The van der Waals surface area contributed by atoms with Gasteiger partial charge in [0.2, 0.25) is 5.16 Å². The topological polar surface area (TPSA) is 90.9 Å². The highest BCUT2D eigenvalue weighted by atomic mass is 32.2. The number of H-pyrrole nitrogens is 1. The minimum Gasteiger partial charge on any atom is -0.396 e. The van der Waals surface area contributed by atoms with Crippen LogP contribution in [0.25, 0.3) is 11.4 Å². The van der Waals surface area contributed by atoms with Gasteiger partial charge in [-0.15, -0.1) is 5.10 Å². The molecule has 1 unspecified atom stereocenters. The summed E-state index contributed by atoms with van der Waals surface area (Å²) in [4.78, 5) is 17.1. The molecular weight excluding hydrogens is 360 g/mol. The molecule has 0 aliphatic rings. The van der Waals surface area contributed by atoms with E-state index in [1.165, 1.54) is 11.8 Å². The number of hydrogen-bond acceptors (Lipinski definition) is 5. The van der Waals surface area contributed by atoms with Crippen LogP contribution < -0.4 is 5.32 Å². The summed E-state index contributed by atoms with van der Waals surface area (Å²) in [5, 5.41) is 20.0. The monoisotopic (exact) mass is 382 g/mol. The van der Waals surface area contributed by atoms with E-state index < -0.39 is 0 Å². The normalized spacial score (nSPS) is 12.0. The fourth-order valence-electron chi connectivity index (χ4n) is 2.77. The van der Waals surface area contributed by atoms with Crippen LogP contribution in [0.3, 0.4) is 0 Å². The first-order valence-electron chi connectivity index (χ1n) is 8.66. The SMILES string of the molecule is CSc1n[nH]c(-c2cccc(C(=O)NC(CCO)c3ccc(C)cc3)c2)n1. The third kappa shape index (κ3) is 4.75. The van der Waals surface area contributed by atoms with Crippen LogP contribution in [0.1, 0.15) is 33.9 Å². The molecule has 2 aromatic carbocycles. The molecule has 1 aromatic heterocycles. The van der Waals surface area contributed by atoms with E-state index in [1.807, 2.05) is 49.6 Å². The van der Waals surface area contributed by atoms with E-state index in [1.54, 1.807) is 12.1 Å². The van der Waals surface area contributed by atoms with Crippen molar-refractivity contribution in [3.63, 3.8) is 0 Å². The van der Waals surface area contributed by atoms with Gasteiger partial charge in [0.1, 0.15) is 0 Å². The van der Waals surface area contributed by atoms with E-state index in [2.05, 4.69) is 20.5 Å². The number of amides is 1. The second kappa shape index (κ2) is 8.83. The summed E-state index contributed by atoms with van der Waals surface area (Å²) < 4.78 is 0. The minimum atomic E-state index is -0.250. The first-order valence-corrected chi connectivity index (χ1v) is 9.88. The number of rotatable bonds is 7. The highest BCUT2D eigenvalue weighted by molar-refractivity contribution is 7.98. The number of carbonyl (C=O) groups excluding carboxylic acids is 1. The van der Waals surface area contributed by atoms with Crippen LogP contribution in [0.2, 0.25) is 0 Å². The van der Waals surface area contributed by atoms with E-state index in [0.29, 0.717) is 23.0 Å². The van der Waals surface area contributed by atoms with Crippen molar-refractivity contribution in [2.45, 2.75) is 24.5 Å². The molecule has 1 atom stereocenters. The Morgan fingerprint density at radius 3 is 2.70 bits per heavy atom. The van der Waals surface area contributed by atoms with Gasteiger partial charge in [0.05, 0.1) is 6.04 Å². The zero-order valence-electron chi connectivity index (χ0n) is 15.3. The molecule has 1 heterocycles. The Balaban J connectivity index is 1.79. The summed E-state index contributed by atoms with van der Waals surface area (Å²) in [6, 6.07) is 14.9. The first kappa shape index (κ1) is 19.1. The molecule has 3 aromatic rings. The number of aryl methyl sites for hydroxylation is 1. The number of aromatic amines is 1. The molecule has 6 nitrogen and oxygen atoms in total. The van der Waals surface area contributed by atoms with Gasteiger partial charge in [-0.3, -0.25) is 9.89 Å². The van der Waals surface area contributed by atoms with E-state index >= 15 is 0 Å². The van der Waals surface area contributed by atoms with E-state index in [9.17, 15) is 9.90 Å². The van der Waals surface area contributed by atoms with E-state index in [0.717, 1.165) is 16.7 Å². The number of aliphatic hydroxyl groups excluding tert-OH is 1. The summed E-state index contributed by atoms with van der Waals surface area (Å²) in [5.41, 5.74) is 3.45. The van der Waals surface area contributed by atoms with Crippen molar-refractivity contribution in [2.24, 2.45) is 0 Å². The van der Waals surface area contributed by atoms with Crippen LogP contribution in [-0.2, 0) is 0 Å². The number of aromatic nitrogens is 3. The number of aliphatic hydroxyl groups is 1. The number of thioether (sulfide) groups is 1. The Morgan fingerprint density at radius 1 is 1.26 bits per heavy atom. The lowest BCUT2D eigenvalue weighted by atomic mass is 10.0. The maximum absolute atomic E-state index is 12.8. The van der Waals surface area contributed by atoms with Gasteiger partial charge in [0.25, 0.3) is 5.91 Å². The van der Waals surface area contributed by atoms with Crippen molar-refractivity contribution < 1.29 is 9.90 Å². The number of benzene rings is 2. The molecule has 0 aliphatic carbocycles. The molecular formula is C20H22N4O2S. The molecule has 3 rings (SSSR count). The van der Waals surface area contributed by atoms with E-state index in [4.69, 9.17) is 0 Å². The van der Waals surface area contributed by atoms with Crippen LogP contribution >= 0.6 is 11.8 Å². The molecule has 0 aliphatic heterocycles. The van der Waals surface area contributed by atoms with Crippen LogP contribution in [0, 0.1) is 6.92 Å². The van der Waals surface area contributed by atoms with Gasteiger partial charge < -0.3 is 10.4 Å². The molecule has 140 valence electrons. The number of hydrogen-bond donors (Lipinski definition) is 3. The average molecular weight is 382 g/mol. The van der Waals surface area contributed by atoms with Crippen molar-refractivity contribution in [3.05, 3.63) is 65.2 Å². The van der Waals surface area contributed by atoms with E-state index in [-0.39, 0.29) is 18.6 Å². The largest absolute Gasteiger partial charge is 0.396 e. The van der Waals surface area contributed by atoms with Crippen molar-refractivity contribution in [2.75, 3.05) is 12.9 Å². The minimum absolute atomic E-state index is 0.00557. The highest BCUT2D eigenvalue weighted by Gasteiger charge is 2.16. The first-order chi connectivity index (χ1) is 13.1. The molecule has 7 heteroatoms. The quantitative estimate of drug-likeness (QED) is 0.545. The molecule has 0 spiro atoms. The predicted molar refractivity (Wildman–Crippen MR) is 107 cm³/mol. The lowest BCUT2D eigenvalue weighted by molar-refractivity contribution is 0.0930. The van der Waals surface area contributed by atoms with Crippen molar-refractivity contribution in [1.29, 1.82) is 0 Å². The molecule has 1 amide bonds. The molecule has 0 radical (unpaired) electrons. The maximum atomic E-state index is 12.8. The lowest BCUT2D eigenvalue weighted by Gasteiger charge is -2.19. The molecule has 0 bridgehead atoms. The molecule has 27 heavy (non-hydrogen) atoms. The highest BCUT2D eigenvalue weighted by Crippen LogP contribution is 2.21. The third-order valence-corrected chi connectivity index (χ3v) is 4.80. The van der Waals surface area contributed by atoms with Crippen molar-refractivity contribution >= 4 is 17.7 Å². The zero-order chi connectivity index (χ0) is 19.2. The third-order valence-electron chi connectivity index (χ3n) is 4.25. The summed E-state index contributed by atoms with van der Waals surface area (Å²) in [5.74, 6) is 0.430. The summed E-state index contributed by atoms with van der Waals surface area (Å²) in [6.45, 7) is 2.01. The molecule has 0 saturated heterocycles. The van der Waals surface area contributed by atoms with Crippen LogP contribution in [-0.4, -0.2) is 39.1 Å². The molecule has 0 saturated carbocycles. The summed E-state index contributed by atoms with van der Waals surface area (Å²) >= 11 is 1.45. The zero-order valence-corrected chi connectivity index (χ0v) is 16.1. The second-order valence-electron chi connectivity index (χ2n) is 6.20. The van der Waals surface area contributed by atoms with Crippen molar-refractivity contribution in [1.82, 2.24) is 20.5 Å². The Labute approximate surface area is 162 Å². The lowest BCUT2D eigenvalue weighted by Crippen LogP contribution is -2.29. The fraction of sp³-hybridized carbons (Fsp3) is 0.250. The van der Waals surface area contributed by atoms with Gasteiger partial charge >= 0.3 is 0 Å². The second-order valence-corrected chi connectivity index (χ2v) is 6.97. The smallest absolute Gasteiger partial charge is 0.251 e. The van der Waals surface area contributed by atoms with Gasteiger partial charge in [-0.25, -0.2) is 4.98 Å². The number of nitrogens with zero attached hydrogens (tertiary/aromatic N) is 2. The Hall–Kier alpha value is -2.64. The van der Waals surface area contributed by atoms with Crippen LogP contribution in [0.15, 0.2) is 53.7 Å². The average Bonchev–Trinajstić information content (AvgIpc) is 3.18. The Kier molecular flexibility index (Phi) is 6.26. The molecule has 0 fully saturated rings. The predicted octanol–water partition coefficient (Wildman–Crippen LogP) is 3.36. The number of nitrogens with one attached hydrogen (secondary N) is 2. The standard InChI is InChI=1S/C20H22N4O2S/c1-13-6-8-14(9-7-13)17(10-11-25)21-19(26)16-5-3-4-15(12-16)18-22-20(27-2)24-23-18/h3-9,12,17,25H,10-11H2,1-2H3,(H,21,26)(H,22,23,24). The Morgan fingerprint density at radius 2 is 2.04 bits per heavy atom. The van der Waals surface area contributed by atoms with Gasteiger partial charge in [-0.2, -0.15) is 0 Å². The van der Waals surface area contributed by atoms with Gasteiger partial charge in [0.15, 0.2) is 5.82 Å². The molecule has 3 N–H and O–H groups in total. The Bertz CT molecular complexity index is 908. The summed E-state index contributed by atoms with van der Waals surface area (Å²) in [6.07, 6.45) is 2.36. The van der Waals surface area contributed by atoms with Crippen LogP contribution in [0.4, 0.5) is 0 Å². The number of carbonyl (C=O) groups is 1.